The second-order valence-corrected chi connectivity index (χ2v) is 10.8. The van der Waals surface area contributed by atoms with Crippen molar-refractivity contribution in [1.29, 1.82) is 0 Å². The molecule has 0 bridgehead atoms. The molecule has 0 saturated heterocycles. The number of carbonyl (C=O) groups is 5. The molecule has 0 aliphatic carbocycles. The molecule has 15 nitrogen and oxygen atoms in total. The maximum Gasteiger partial charge on any atom is 0.469 e. The van der Waals surface area contributed by atoms with Crippen LogP contribution in [0.25, 0.3) is 0 Å². The third-order valence-corrected chi connectivity index (χ3v) is 6.18. The van der Waals surface area contributed by atoms with Gasteiger partial charge in [0.25, 0.3) is 0 Å². The second kappa shape index (κ2) is 18.6. The second-order valence-electron chi connectivity index (χ2n) is 9.53. The largest absolute Gasteiger partial charge is 0.469 e. The Bertz CT molecular complexity index is 969. The molecule has 16 heteroatoms. The first-order chi connectivity index (χ1) is 18.9. The number of rotatable bonds is 18. The monoisotopic (exact) mass is 609 g/mol. The van der Waals surface area contributed by atoms with E-state index in [-0.39, 0.29) is 11.7 Å². The van der Waals surface area contributed by atoms with Crippen LogP contribution in [-0.2, 0) is 42.5 Å². The van der Waals surface area contributed by atoms with Crippen molar-refractivity contribution in [2.24, 2.45) is 5.92 Å². The van der Waals surface area contributed by atoms with E-state index in [1.54, 1.807) is 7.05 Å². The third-order valence-electron chi connectivity index (χ3n) is 5.70. The van der Waals surface area contributed by atoms with E-state index in [9.17, 15) is 28.5 Å². The lowest BCUT2D eigenvalue weighted by Gasteiger charge is -2.36. The van der Waals surface area contributed by atoms with Crippen molar-refractivity contribution in [3.63, 3.8) is 0 Å². The van der Waals surface area contributed by atoms with Crippen LogP contribution in [0.4, 0.5) is 4.79 Å². The first-order valence-corrected chi connectivity index (χ1v) is 14.6. The van der Waals surface area contributed by atoms with E-state index < -0.39 is 69.4 Å². The Kier molecular flexibility index (Phi) is 17.3. The zero-order valence-electron chi connectivity index (χ0n) is 24.9. The number of ketones is 1. The topological polar surface area (TPSA) is 198 Å². The molecule has 0 fully saturated rings. The number of ether oxygens (including phenoxy) is 3. The minimum atomic E-state index is -5.05. The molecule has 2 amide bonds. The first-order valence-electron chi connectivity index (χ1n) is 13.0. The normalized spacial score (nSPS) is 15.4. The van der Waals surface area contributed by atoms with E-state index >= 15 is 0 Å². The van der Waals surface area contributed by atoms with Crippen LogP contribution in [0.3, 0.4) is 0 Å². The van der Waals surface area contributed by atoms with Crippen LogP contribution in [0, 0.1) is 5.92 Å². The first kappa shape index (κ1) is 38.2. The van der Waals surface area contributed by atoms with Crippen molar-refractivity contribution < 1.29 is 57.1 Å². The van der Waals surface area contributed by atoms with Gasteiger partial charge >= 0.3 is 25.9 Å². The summed E-state index contributed by atoms with van der Waals surface area (Å²) in [5.41, 5.74) is 0. The summed E-state index contributed by atoms with van der Waals surface area (Å²) in [7, 11) is -2.09. The molecule has 1 unspecified atom stereocenters. The Balaban J connectivity index is 5.78. The molecule has 0 aromatic carbocycles. The Morgan fingerprint density at radius 2 is 1.63 bits per heavy atom. The van der Waals surface area contributed by atoms with Crippen LogP contribution >= 0.6 is 7.82 Å². The molecular formula is C25H44N3O12P. The predicted octanol–water partition coefficient (Wildman–Crippen LogP) is 1.37. The van der Waals surface area contributed by atoms with Crippen LogP contribution in [0.2, 0.25) is 0 Å². The predicted molar refractivity (Wildman–Crippen MR) is 146 cm³/mol. The molecule has 0 heterocycles. The van der Waals surface area contributed by atoms with E-state index in [0.29, 0.717) is 13.0 Å². The number of nitrogens with zero attached hydrogens (tertiary/aromatic N) is 2. The summed E-state index contributed by atoms with van der Waals surface area (Å²) in [4.78, 5) is 82.6. The standard InChI is InChI=1S/C25H44N3O12P/c1-9-11-12-16(3)23(22(17(4)29)27(7)13-10-2)40-21(31)14-28(8)24(32)20(15-37-41(34,35)36)26-25(33)39-19(6)38-18(5)30/h9,11,16,19-20,22-23H,10,12-15H2,1-8H3,(H,26,33)(H2,34,35,36)/b11-9+/t16-,19?,20+,22-,23-/m1/s1. The smallest absolute Gasteiger partial charge is 0.459 e. The van der Waals surface area contributed by atoms with Crippen molar-refractivity contribution >= 4 is 37.5 Å². The summed E-state index contributed by atoms with van der Waals surface area (Å²) in [5.74, 6) is -3.03. The minimum absolute atomic E-state index is 0.198. The number of hydrogen-bond acceptors (Lipinski definition) is 11. The number of Topliss-reactive ketones (excluding diaryl/α,β-unsaturated/α-hetero) is 1. The van der Waals surface area contributed by atoms with Crippen molar-refractivity contribution in [2.75, 3.05) is 33.8 Å². The fourth-order valence-corrected chi connectivity index (χ4v) is 4.26. The lowest BCUT2D eigenvalue weighted by Crippen LogP contribution is -2.53. The van der Waals surface area contributed by atoms with Gasteiger partial charge in [-0.1, -0.05) is 26.0 Å². The molecule has 0 aromatic rings. The summed E-state index contributed by atoms with van der Waals surface area (Å²) in [5, 5.41) is 2.07. The molecule has 0 aliphatic heterocycles. The van der Waals surface area contributed by atoms with E-state index in [4.69, 9.17) is 19.3 Å². The van der Waals surface area contributed by atoms with Crippen LogP contribution in [0.15, 0.2) is 12.2 Å². The number of hydrogen-bond donors (Lipinski definition) is 3. The molecule has 0 radical (unpaired) electrons. The molecule has 41 heavy (non-hydrogen) atoms. The SMILES string of the molecule is C/C=C/C[C@@H](C)[C@@H](OC(=O)CN(C)C(=O)[C@H](COP(=O)(O)O)NC(=O)OC(C)OC(C)=O)[C@@H](C(C)=O)N(C)CCC. The van der Waals surface area contributed by atoms with E-state index in [1.165, 1.54) is 20.9 Å². The fraction of sp³-hybridized carbons (Fsp3) is 0.720. The number of likely N-dealkylation sites (N-methyl/N-ethyl adjacent to an activating group) is 2. The van der Waals surface area contributed by atoms with Gasteiger partial charge in [0.1, 0.15) is 24.7 Å². The van der Waals surface area contributed by atoms with Crippen molar-refractivity contribution in [3.8, 4) is 0 Å². The molecule has 0 aromatic heterocycles. The number of phosphoric ester groups is 1. The summed E-state index contributed by atoms with van der Waals surface area (Å²) in [6.07, 6.45) is 1.56. The van der Waals surface area contributed by atoms with Gasteiger partial charge in [-0.3, -0.25) is 28.6 Å². The van der Waals surface area contributed by atoms with Gasteiger partial charge in [0.2, 0.25) is 12.2 Å². The van der Waals surface area contributed by atoms with Gasteiger partial charge in [-0.25, -0.2) is 9.36 Å². The van der Waals surface area contributed by atoms with Gasteiger partial charge in [0.15, 0.2) is 5.78 Å². The highest BCUT2D eigenvalue weighted by atomic mass is 31.2. The van der Waals surface area contributed by atoms with Crippen LogP contribution < -0.4 is 5.32 Å². The van der Waals surface area contributed by atoms with Crippen LogP contribution in [-0.4, -0.2) is 108 Å². The molecule has 0 spiro atoms. The van der Waals surface area contributed by atoms with Crippen molar-refractivity contribution in [1.82, 2.24) is 15.1 Å². The lowest BCUT2D eigenvalue weighted by atomic mass is 9.91. The Labute approximate surface area is 240 Å². The maximum atomic E-state index is 13.0. The summed E-state index contributed by atoms with van der Waals surface area (Å²) in [6.45, 7) is 8.33. The average Bonchev–Trinajstić information content (AvgIpc) is 2.82. The Hall–Kier alpha value is -2.84. The zero-order valence-corrected chi connectivity index (χ0v) is 25.8. The fourth-order valence-electron chi connectivity index (χ4n) is 3.92. The highest BCUT2D eigenvalue weighted by Gasteiger charge is 2.37. The minimum Gasteiger partial charge on any atom is -0.459 e. The Morgan fingerprint density at radius 3 is 2.12 bits per heavy atom. The van der Waals surface area contributed by atoms with E-state index in [0.717, 1.165) is 18.2 Å². The summed E-state index contributed by atoms with van der Waals surface area (Å²) < 4.78 is 30.8. The van der Waals surface area contributed by atoms with Gasteiger partial charge < -0.3 is 34.2 Å². The molecule has 3 N–H and O–H groups in total. The molecule has 0 aliphatic rings. The number of amides is 2. The lowest BCUT2D eigenvalue weighted by molar-refractivity contribution is -0.162. The van der Waals surface area contributed by atoms with E-state index in [2.05, 4.69) is 14.6 Å². The molecule has 236 valence electrons. The number of carbonyl (C=O) groups excluding carboxylic acids is 5. The number of allylic oxidation sites excluding steroid dienone is 2. The van der Waals surface area contributed by atoms with Crippen LogP contribution in [0.1, 0.15) is 54.4 Å². The van der Waals surface area contributed by atoms with Crippen molar-refractivity contribution in [3.05, 3.63) is 12.2 Å². The van der Waals surface area contributed by atoms with Gasteiger partial charge in [-0.2, -0.15) is 0 Å². The van der Waals surface area contributed by atoms with Gasteiger partial charge in [0.05, 0.1) is 6.61 Å². The molecular weight excluding hydrogens is 565 g/mol. The molecule has 0 rings (SSSR count). The number of phosphoric acid groups is 1. The van der Waals surface area contributed by atoms with Crippen LogP contribution in [0.5, 0.6) is 0 Å². The van der Waals surface area contributed by atoms with Gasteiger partial charge in [0, 0.05) is 20.9 Å². The van der Waals surface area contributed by atoms with E-state index in [1.807, 2.05) is 37.8 Å². The highest BCUT2D eigenvalue weighted by Crippen LogP contribution is 2.35. The number of esters is 2. The van der Waals surface area contributed by atoms with Gasteiger partial charge in [-0.05, 0) is 46.2 Å². The maximum absolute atomic E-state index is 13.0. The summed E-state index contributed by atoms with van der Waals surface area (Å²) in [6, 6.07) is -2.44. The zero-order chi connectivity index (χ0) is 31.9. The molecule has 5 atom stereocenters. The third kappa shape index (κ3) is 15.7. The Morgan fingerprint density at radius 1 is 1.02 bits per heavy atom. The molecule has 0 saturated carbocycles. The van der Waals surface area contributed by atoms with Crippen molar-refractivity contribution in [2.45, 2.75) is 78.9 Å². The summed E-state index contributed by atoms with van der Waals surface area (Å²) >= 11 is 0. The number of alkyl carbamates (subject to hydrolysis) is 1. The van der Waals surface area contributed by atoms with Gasteiger partial charge in [-0.15, -0.1) is 0 Å². The highest BCUT2D eigenvalue weighted by molar-refractivity contribution is 7.46. The quantitative estimate of drug-likeness (QED) is 0.0872. The average molecular weight is 610 g/mol. The number of nitrogens with one attached hydrogen (secondary N) is 1.